The van der Waals surface area contributed by atoms with Gasteiger partial charge < -0.3 is 19.4 Å². The third kappa shape index (κ3) is 5.07. The molecule has 11 heteroatoms. The van der Waals surface area contributed by atoms with Crippen LogP contribution in [0.2, 0.25) is 0 Å². The maximum Gasteiger partial charge on any atom is 0.272 e. The summed E-state index contributed by atoms with van der Waals surface area (Å²) < 4.78 is 40.4. The number of benzene rings is 2. The molecule has 1 amide bonds. The molecule has 2 atom stereocenters. The maximum absolute atomic E-state index is 14.2. The predicted molar refractivity (Wildman–Crippen MR) is 137 cm³/mol. The van der Waals surface area contributed by atoms with Crippen LogP contribution in [0.1, 0.15) is 39.6 Å². The molecule has 0 saturated carbocycles. The highest BCUT2D eigenvalue weighted by Crippen LogP contribution is 2.31. The SMILES string of the molecule is COC[C@H]1NC(=O)c2c(OCc3ccccc3)c(=O)c(-c3nnc(Cc4ccc(F)cc4F)s3)cn2[C@@H]1C. The van der Waals surface area contributed by atoms with Crippen LogP contribution in [0.25, 0.3) is 10.6 Å². The van der Waals surface area contributed by atoms with Gasteiger partial charge in [-0.05, 0) is 24.1 Å². The molecule has 0 aliphatic carbocycles. The minimum absolute atomic E-state index is 0.0842. The van der Waals surface area contributed by atoms with E-state index in [2.05, 4.69) is 15.5 Å². The van der Waals surface area contributed by atoms with E-state index in [9.17, 15) is 18.4 Å². The van der Waals surface area contributed by atoms with E-state index in [0.717, 1.165) is 23.0 Å². The van der Waals surface area contributed by atoms with Gasteiger partial charge in [-0.2, -0.15) is 0 Å². The molecule has 2 aromatic heterocycles. The number of amides is 1. The fraction of sp³-hybridized carbons (Fsp3) is 0.259. The normalized spacial score (nSPS) is 16.7. The first kappa shape index (κ1) is 25.7. The first-order valence-corrected chi connectivity index (χ1v) is 12.7. The summed E-state index contributed by atoms with van der Waals surface area (Å²) in [6, 6.07) is 12.0. The lowest BCUT2D eigenvalue weighted by Gasteiger charge is -2.34. The Hall–Kier alpha value is -3.96. The number of nitrogens with zero attached hydrogens (tertiary/aromatic N) is 3. The zero-order chi connectivity index (χ0) is 26.8. The molecular weight excluding hydrogens is 514 g/mol. The van der Waals surface area contributed by atoms with Crippen molar-refractivity contribution in [2.75, 3.05) is 13.7 Å². The Kier molecular flexibility index (Phi) is 7.30. The smallest absolute Gasteiger partial charge is 0.272 e. The zero-order valence-corrected chi connectivity index (χ0v) is 21.4. The number of carbonyl (C=O) groups is 1. The summed E-state index contributed by atoms with van der Waals surface area (Å²) >= 11 is 1.12. The monoisotopic (exact) mass is 538 g/mol. The second kappa shape index (κ2) is 10.8. The van der Waals surface area contributed by atoms with Gasteiger partial charge in [-0.15, -0.1) is 10.2 Å². The lowest BCUT2D eigenvalue weighted by atomic mass is 10.0. The maximum atomic E-state index is 14.2. The van der Waals surface area contributed by atoms with Crippen molar-refractivity contribution in [3.05, 3.63) is 98.4 Å². The lowest BCUT2D eigenvalue weighted by Crippen LogP contribution is -2.50. The highest BCUT2D eigenvalue weighted by Gasteiger charge is 2.35. The van der Waals surface area contributed by atoms with Gasteiger partial charge in [0.15, 0.2) is 16.5 Å². The van der Waals surface area contributed by atoms with Gasteiger partial charge in [-0.3, -0.25) is 9.59 Å². The molecule has 0 fully saturated rings. The third-order valence-corrected chi connectivity index (χ3v) is 7.33. The van der Waals surface area contributed by atoms with Gasteiger partial charge in [0.2, 0.25) is 5.43 Å². The highest BCUT2D eigenvalue weighted by atomic mass is 32.1. The minimum atomic E-state index is -0.684. The Balaban J connectivity index is 1.56. The number of pyridine rings is 1. The molecule has 1 N–H and O–H groups in total. The molecule has 2 aromatic carbocycles. The van der Waals surface area contributed by atoms with Gasteiger partial charge in [0.1, 0.15) is 23.2 Å². The third-order valence-electron chi connectivity index (χ3n) is 6.37. The van der Waals surface area contributed by atoms with Crippen molar-refractivity contribution < 1.29 is 23.0 Å². The molecule has 0 unspecified atom stereocenters. The number of methoxy groups -OCH3 is 1. The Morgan fingerprint density at radius 1 is 1.11 bits per heavy atom. The van der Waals surface area contributed by atoms with E-state index in [1.165, 1.54) is 12.1 Å². The van der Waals surface area contributed by atoms with E-state index in [1.807, 2.05) is 37.3 Å². The minimum Gasteiger partial charge on any atom is -0.483 e. The van der Waals surface area contributed by atoms with Crippen molar-refractivity contribution in [3.8, 4) is 16.3 Å². The summed E-state index contributed by atoms with van der Waals surface area (Å²) in [5, 5.41) is 11.9. The summed E-state index contributed by atoms with van der Waals surface area (Å²) in [4.78, 5) is 26.8. The van der Waals surface area contributed by atoms with E-state index in [-0.39, 0.29) is 54.3 Å². The van der Waals surface area contributed by atoms with E-state index in [1.54, 1.807) is 17.9 Å². The number of rotatable bonds is 8. The molecule has 1 aliphatic heterocycles. The largest absolute Gasteiger partial charge is 0.483 e. The molecule has 0 radical (unpaired) electrons. The summed E-state index contributed by atoms with van der Waals surface area (Å²) in [5.74, 6) is -1.88. The molecule has 4 aromatic rings. The second-order valence-electron chi connectivity index (χ2n) is 8.92. The lowest BCUT2D eigenvalue weighted by molar-refractivity contribution is 0.0788. The van der Waals surface area contributed by atoms with Crippen LogP contribution < -0.4 is 15.5 Å². The number of carbonyl (C=O) groups excluding carboxylic acids is 1. The molecule has 38 heavy (non-hydrogen) atoms. The summed E-state index contributed by atoms with van der Waals surface area (Å²) in [7, 11) is 1.55. The molecule has 0 saturated heterocycles. The van der Waals surface area contributed by atoms with Crippen molar-refractivity contribution in [2.24, 2.45) is 0 Å². The summed E-state index contributed by atoms with van der Waals surface area (Å²) in [6.45, 7) is 2.27. The van der Waals surface area contributed by atoms with Crippen molar-refractivity contribution in [2.45, 2.75) is 32.0 Å². The molecule has 0 bridgehead atoms. The van der Waals surface area contributed by atoms with Crippen molar-refractivity contribution >= 4 is 17.2 Å². The zero-order valence-electron chi connectivity index (χ0n) is 20.6. The Bertz CT molecular complexity index is 1540. The first-order valence-electron chi connectivity index (χ1n) is 11.9. The quantitative estimate of drug-likeness (QED) is 0.363. The molecule has 5 rings (SSSR count). The van der Waals surface area contributed by atoms with Crippen LogP contribution in [-0.2, 0) is 17.8 Å². The predicted octanol–water partition coefficient (Wildman–Crippen LogP) is 4.13. The van der Waals surface area contributed by atoms with Crippen molar-refractivity contribution in [3.63, 3.8) is 0 Å². The van der Waals surface area contributed by atoms with Crippen LogP contribution in [0.4, 0.5) is 8.78 Å². The average molecular weight is 539 g/mol. The number of ether oxygens (including phenoxy) is 2. The molecule has 3 heterocycles. The number of hydrogen-bond donors (Lipinski definition) is 1. The Morgan fingerprint density at radius 2 is 1.89 bits per heavy atom. The molecule has 8 nitrogen and oxygen atoms in total. The van der Waals surface area contributed by atoms with E-state index in [4.69, 9.17) is 9.47 Å². The fourth-order valence-corrected chi connectivity index (χ4v) is 5.21. The van der Waals surface area contributed by atoms with Crippen LogP contribution in [0, 0.1) is 11.6 Å². The molecular formula is C27H24F2N4O4S. The topological polar surface area (TPSA) is 95.3 Å². The molecule has 0 spiro atoms. The number of hydrogen-bond acceptors (Lipinski definition) is 7. The summed E-state index contributed by atoms with van der Waals surface area (Å²) in [5.41, 5.74) is 0.911. The number of halogens is 2. The summed E-state index contributed by atoms with van der Waals surface area (Å²) in [6.07, 6.45) is 1.67. The highest BCUT2D eigenvalue weighted by molar-refractivity contribution is 7.14. The van der Waals surface area contributed by atoms with Gasteiger partial charge in [0.25, 0.3) is 5.91 Å². The van der Waals surface area contributed by atoms with Crippen LogP contribution in [0.5, 0.6) is 5.75 Å². The number of nitrogens with one attached hydrogen (secondary N) is 1. The van der Waals surface area contributed by atoms with Gasteiger partial charge in [-0.1, -0.05) is 47.7 Å². The van der Waals surface area contributed by atoms with Gasteiger partial charge in [-0.25, -0.2) is 8.78 Å². The first-order chi connectivity index (χ1) is 18.4. The van der Waals surface area contributed by atoms with Crippen LogP contribution >= 0.6 is 11.3 Å². The fourth-order valence-electron chi connectivity index (χ4n) is 4.34. The Labute approximate surface area is 220 Å². The number of fused-ring (bicyclic) bond motifs is 1. The van der Waals surface area contributed by atoms with Crippen molar-refractivity contribution in [1.82, 2.24) is 20.1 Å². The van der Waals surface area contributed by atoms with E-state index >= 15 is 0 Å². The molecule has 196 valence electrons. The van der Waals surface area contributed by atoms with Crippen LogP contribution in [-0.4, -0.2) is 40.4 Å². The van der Waals surface area contributed by atoms with Gasteiger partial charge in [0.05, 0.1) is 24.3 Å². The molecule has 1 aliphatic rings. The second-order valence-corrected chi connectivity index (χ2v) is 9.98. The van der Waals surface area contributed by atoms with E-state index in [0.29, 0.717) is 10.0 Å². The number of aromatic nitrogens is 3. The van der Waals surface area contributed by atoms with Crippen LogP contribution in [0.3, 0.4) is 0 Å². The standard InChI is InChI=1S/C27H24F2N4O4S/c1-15-21(14-36-2)30-26(35)23-25(37-13-16-6-4-3-5-7-16)24(34)19(12-33(15)23)27-32-31-22(38-27)10-17-8-9-18(28)11-20(17)29/h3-9,11-12,15,21H,10,13-14H2,1-2H3,(H,30,35)/t15-,21-/m1/s1. The van der Waals surface area contributed by atoms with Gasteiger partial charge in [0, 0.05) is 25.8 Å². The van der Waals surface area contributed by atoms with Crippen molar-refractivity contribution in [1.29, 1.82) is 0 Å². The Morgan fingerprint density at radius 3 is 2.63 bits per heavy atom. The van der Waals surface area contributed by atoms with Crippen LogP contribution in [0.15, 0.2) is 59.5 Å². The average Bonchev–Trinajstić information content (AvgIpc) is 3.37. The van der Waals surface area contributed by atoms with E-state index < -0.39 is 23.0 Å². The van der Waals surface area contributed by atoms with Gasteiger partial charge >= 0.3 is 0 Å².